The van der Waals surface area contributed by atoms with Crippen molar-refractivity contribution in [1.29, 1.82) is 0 Å². The van der Waals surface area contributed by atoms with Gasteiger partial charge in [-0.15, -0.1) is 0 Å². The Labute approximate surface area is 127 Å². The molecule has 1 aliphatic heterocycles. The molecular weight excluding hydrogens is 264 g/mol. The van der Waals surface area contributed by atoms with Gasteiger partial charge in [0, 0.05) is 24.2 Å². The van der Waals surface area contributed by atoms with Crippen molar-refractivity contribution < 1.29 is 9.59 Å². The molecule has 1 atom stereocenters. The molecule has 1 saturated carbocycles. The van der Waals surface area contributed by atoms with Gasteiger partial charge in [-0.1, -0.05) is 6.08 Å². The van der Waals surface area contributed by atoms with Crippen LogP contribution in [-0.2, 0) is 9.59 Å². The van der Waals surface area contributed by atoms with Crippen LogP contribution < -0.4 is 0 Å². The molecule has 2 fully saturated rings. The SMILES string of the molecule is O=CC1CCCN(CC(=O)N(C2=CCCCC2)C2CC2)C1. The maximum atomic E-state index is 12.7. The molecule has 21 heavy (non-hydrogen) atoms. The predicted molar refractivity (Wildman–Crippen MR) is 81.6 cm³/mol. The molecule has 0 aromatic heterocycles. The van der Waals surface area contributed by atoms with Gasteiger partial charge in [0.15, 0.2) is 0 Å². The third-order valence-corrected chi connectivity index (χ3v) is 4.85. The van der Waals surface area contributed by atoms with Crippen LogP contribution in [0, 0.1) is 5.92 Å². The van der Waals surface area contributed by atoms with Crippen molar-refractivity contribution in [3.8, 4) is 0 Å². The van der Waals surface area contributed by atoms with Crippen molar-refractivity contribution >= 4 is 12.2 Å². The number of carbonyl (C=O) groups excluding carboxylic acids is 2. The van der Waals surface area contributed by atoms with Crippen LogP contribution in [0.15, 0.2) is 11.8 Å². The zero-order chi connectivity index (χ0) is 14.7. The van der Waals surface area contributed by atoms with Crippen LogP contribution in [0.1, 0.15) is 51.4 Å². The second-order valence-corrected chi connectivity index (χ2v) is 6.71. The Morgan fingerprint density at radius 3 is 2.81 bits per heavy atom. The molecule has 0 spiro atoms. The number of carbonyl (C=O) groups is 2. The van der Waals surface area contributed by atoms with Crippen molar-refractivity contribution in [3.05, 3.63) is 11.8 Å². The number of likely N-dealkylation sites (tertiary alicyclic amines) is 1. The average Bonchev–Trinajstić information content (AvgIpc) is 3.33. The molecule has 0 radical (unpaired) electrons. The number of amides is 1. The zero-order valence-corrected chi connectivity index (χ0v) is 12.8. The lowest BCUT2D eigenvalue weighted by molar-refractivity contribution is -0.132. The highest BCUT2D eigenvalue weighted by Crippen LogP contribution is 2.34. The summed E-state index contributed by atoms with van der Waals surface area (Å²) in [7, 11) is 0. The van der Waals surface area contributed by atoms with Crippen LogP contribution in [0.25, 0.3) is 0 Å². The zero-order valence-electron chi connectivity index (χ0n) is 12.8. The second kappa shape index (κ2) is 6.73. The van der Waals surface area contributed by atoms with Crippen molar-refractivity contribution in [3.63, 3.8) is 0 Å². The Hall–Kier alpha value is -1.16. The fraction of sp³-hybridized carbons (Fsp3) is 0.765. The van der Waals surface area contributed by atoms with Gasteiger partial charge < -0.3 is 9.69 Å². The highest BCUT2D eigenvalue weighted by atomic mass is 16.2. The predicted octanol–water partition coefficient (Wildman–Crippen LogP) is 2.35. The monoisotopic (exact) mass is 290 g/mol. The number of piperidine rings is 1. The number of allylic oxidation sites excluding steroid dienone is 2. The number of nitrogens with zero attached hydrogens (tertiary/aromatic N) is 2. The third kappa shape index (κ3) is 3.73. The van der Waals surface area contributed by atoms with Crippen LogP contribution in [0.4, 0.5) is 0 Å². The van der Waals surface area contributed by atoms with E-state index in [1.54, 1.807) is 0 Å². The molecule has 3 rings (SSSR count). The van der Waals surface area contributed by atoms with E-state index in [4.69, 9.17) is 0 Å². The lowest BCUT2D eigenvalue weighted by Crippen LogP contribution is -2.45. The van der Waals surface area contributed by atoms with Gasteiger partial charge in [0.25, 0.3) is 0 Å². The fourth-order valence-electron chi connectivity index (χ4n) is 3.58. The van der Waals surface area contributed by atoms with Crippen LogP contribution in [-0.4, -0.2) is 47.7 Å². The first-order valence-corrected chi connectivity index (χ1v) is 8.46. The largest absolute Gasteiger partial charge is 0.312 e. The van der Waals surface area contributed by atoms with Crippen LogP contribution in [0.3, 0.4) is 0 Å². The van der Waals surface area contributed by atoms with Crippen molar-refractivity contribution in [2.45, 2.75) is 57.4 Å². The Kier molecular flexibility index (Phi) is 4.73. The van der Waals surface area contributed by atoms with E-state index in [1.165, 1.54) is 18.5 Å². The molecule has 0 aromatic rings. The number of aldehydes is 1. The highest BCUT2D eigenvalue weighted by molar-refractivity contribution is 5.81. The molecule has 116 valence electrons. The van der Waals surface area contributed by atoms with Gasteiger partial charge in [-0.2, -0.15) is 0 Å². The Morgan fingerprint density at radius 2 is 2.14 bits per heavy atom. The Balaban J connectivity index is 1.61. The van der Waals surface area contributed by atoms with E-state index < -0.39 is 0 Å². The average molecular weight is 290 g/mol. The summed E-state index contributed by atoms with van der Waals surface area (Å²) < 4.78 is 0. The number of rotatable bonds is 5. The molecule has 4 nitrogen and oxygen atoms in total. The summed E-state index contributed by atoms with van der Waals surface area (Å²) >= 11 is 0. The molecule has 1 saturated heterocycles. The molecule has 2 aliphatic carbocycles. The first-order valence-electron chi connectivity index (χ1n) is 8.46. The fourth-order valence-corrected chi connectivity index (χ4v) is 3.58. The molecule has 4 heteroatoms. The van der Waals surface area contributed by atoms with Gasteiger partial charge >= 0.3 is 0 Å². The van der Waals surface area contributed by atoms with Gasteiger partial charge in [-0.25, -0.2) is 0 Å². The van der Waals surface area contributed by atoms with Gasteiger partial charge in [-0.05, 0) is 57.9 Å². The number of hydrogen-bond acceptors (Lipinski definition) is 3. The topological polar surface area (TPSA) is 40.6 Å². The maximum Gasteiger partial charge on any atom is 0.241 e. The molecule has 0 N–H and O–H groups in total. The molecule has 0 aromatic carbocycles. The lowest BCUT2D eigenvalue weighted by atomic mass is 9.99. The normalized spacial score (nSPS) is 27.0. The summed E-state index contributed by atoms with van der Waals surface area (Å²) in [5, 5.41) is 0. The van der Waals surface area contributed by atoms with Crippen molar-refractivity contribution in [2.24, 2.45) is 5.92 Å². The summed E-state index contributed by atoms with van der Waals surface area (Å²) in [5.74, 6) is 0.368. The minimum Gasteiger partial charge on any atom is -0.312 e. The molecule has 0 bridgehead atoms. The minimum absolute atomic E-state index is 0.120. The molecule has 1 amide bonds. The Bertz CT molecular complexity index is 429. The van der Waals surface area contributed by atoms with E-state index in [2.05, 4.69) is 15.9 Å². The van der Waals surface area contributed by atoms with Crippen molar-refractivity contribution in [1.82, 2.24) is 9.80 Å². The van der Waals surface area contributed by atoms with Gasteiger partial charge in [0.05, 0.1) is 6.54 Å². The summed E-state index contributed by atoms with van der Waals surface area (Å²) in [6.07, 6.45) is 12.3. The van der Waals surface area contributed by atoms with Crippen molar-refractivity contribution in [2.75, 3.05) is 19.6 Å². The summed E-state index contributed by atoms with van der Waals surface area (Å²) in [5.41, 5.74) is 1.26. The highest BCUT2D eigenvalue weighted by Gasteiger charge is 2.35. The molecular formula is C17H26N2O2. The number of hydrogen-bond donors (Lipinski definition) is 0. The summed E-state index contributed by atoms with van der Waals surface area (Å²) in [6.45, 7) is 2.19. The first-order chi connectivity index (χ1) is 10.3. The Morgan fingerprint density at radius 1 is 1.29 bits per heavy atom. The van der Waals surface area contributed by atoms with Crippen LogP contribution in [0.5, 0.6) is 0 Å². The summed E-state index contributed by atoms with van der Waals surface area (Å²) in [4.78, 5) is 28.0. The van der Waals surface area contributed by atoms with E-state index in [-0.39, 0.29) is 11.8 Å². The second-order valence-electron chi connectivity index (χ2n) is 6.71. The lowest BCUT2D eigenvalue weighted by Gasteiger charge is -2.33. The standard InChI is InChI=1S/C17H26N2O2/c20-13-14-5-4-10-18(11-14)12-17(21)19(16-8-9-16)15-6-2-1-3-7-15/h6,13-14,16H,1-5,7-12H2. The summed E-state index contributed by atoms with van der Waals surface area (Å²) in [6, 6.07) is 0.452. The maximum absolute atomic E-state index is 12.7. The van der Waals surface area contributed by atoms with Gasteiger partial charge in [0.1, 0.15) is 6.29 Å². The minimum atomic E-state index is 0.120. The molecule has 3 aliphatic rings. The van der Waals surface area contributed by atoms with E-state index in [1.807, 2.05) is 0 Å². The van der Waals surface area contributed by atoms with Gasteiger partial charge in [-0.3, -0.25) is 9.69 Å². The van der Waals surface area contributed by atoms with E-state index in [9.17, 15) is 9.59 Å². The van der Waals surface area contributed by atoms with E-state index in [0.29, 0.717) is 12.6 Å². The molecule has 1 unspecified atom stereocenters. The van der Waals surface area contributed by atoms with Crippen LogP contribution in [0.2, 0.25) is 0 Å². The molecule has 1 heterocycles. The first kappa shape index (κ1) is 14.8. The van der Waals surface area contributed by atoms with E-state index >= 15 is 0 Å². The van der Waals surface area contributed by atoms with Gasteiger partial charge in [0.2, 0.25) is 5.91 Å². The smallest absolute Gasteiger partial charge is 0.241 e. The third-order valence-electron chi connectivity index (χ3n) is 4.85. The van der Waals surface area contributed by atoms with E-state index in [0.717, 1.165) is 57.9 Å². The van der Waals surface area contributed by atoms with Crippen LogP contribution >= 0.6 is 0 Å². The quantitative estimate of drug-likeness (QED) is 0.730.